The second-order valence-electron chi connectivity index (χ2n) is 5.57. The molecule has 6 nitrogen and oxygen atoms in total. The Labute approximate surface area is 129 Å². The molecule has 0 saturated carbocycles. The highest BCUT2D eigenvalue weighted by atomic mass is 32.2. The van der Waals surface area contributed by atoms with Crippen LogP contribution in [0.4, 0.5) is 0 Å². The Balaban J connectivity index is 1.71. The summed E-state index contributed by atoms with van der Waals surface area (Å²) in [5.41, 5.74) is 1.86. The zero-order chi connectivity index (χ0) is 15.6. The van der Waals surface area contributed by atoms with E-state index < -0.39 is 9.84 Å². The Morgan fingerprint density at radius 3 is 2.95 bits per heavy atom. The van der Waals surface area contributed by atoms with Crippen LogP contribution in [0.2, 0.25) is 0 Å². The van der Waals surface area contributed by atoms with E-state index in [4.69, 9.17) is 9.26 Å². The third-order valence-corrected chi connectivity index (χ3v) is 5.12. The predicted molar refractivity (Wildman–Crippen MR) is 80.9 cm³/mol. The van der Waals surface area contributed by atoms with E-state index in [9.17, 15) is 8.42 Å². The lowest BCUT2D eigenvalue weighted by molar-refractivity contribution is 0.127. The molecule has 3 rings (SSSR count). The van der Waals surface area contributed by atoms with Gasteiger partial charge in [-0.05, 0) is 31.9 Å². The van der Waals surface area contributed by atoms with Crippen LogP contribution in [0, 0.1) is 6.92 Å². The first-order chi connectivity index (χ1) is 10.5. The maximum absolute atomic E-state index is 12.2. The quantitative estimate of drug-likeness (QED) is 0.839. The molecule has 1 unspecified atom stereocenters. The summed E-state index contributed by atoms with van der Waals surface area (Å²) in [5.74, 6) is 0.323. The van der Waals surface area contributed by atoms with Crippen molar-refractivity contribution in [3.63, 3.8) is 0 Å². The van der Waals surface area contributed by atoms with Gasteiger partial charge in [0.15, 0.2) is 15.7 Å². The van der Waals surface area contributed by atoms with E-state index in [1.165, 1.54) is 0 Å². The summed E-state index contributed by atoms with van der Waals surface area (Å²) in [4.78, 5) is 4.18. The van der Waals surface area contributed by atoms with Crippen molar-refractivity contribution in [2.75, 3.05) is 12.4 Å². The van der Waals surface area contributed by atoms with E-state index >= 15 is 0 Å². The molecule has 1 fully saturated rings. The molecule has 1 atom stereocenters. The number of aromatic nitrogens is 2. The van der Waals surface area contributed by atoms with Crippen molar-refractivity contribution in [3.05, 3.63) is 35.7 Å². The lowest BCUT2D eigenvalue weighted by Crippen LogP contribution is -2.21. The fourth-order valence-corrected chi connectivity index (χ4v) is 3.98. The maximum atomic E-state index is 12.2. The van der Waals surface area contributed by atoms with Gasteiger partial charge in [0.05, 0.1) is 11.9 Å². The van der Waals surface area contributed by atoms with Crippen molar-refractivity contribution in [2.45, 2.75) is 31.6 Å². The number of nitrogens with zero attached hydrogens (tertiary/aromatic N) is 2. The highest BCUT2D eigenvalue weighted by molar-refractivity contribution is 7.90. The van der Waals surface area contributed by atoms with Crippen LogP contribution in [-0.4, -0.2) is 37.0 Å². The van der Waals surface area contributed by atoms with Crippen LogP contribution in [0.1, 0.15) is 24.2 Å². The van der Waals surface area contributed by atoms with Gasteiger partial charge in [0.2, 0.25) is 0 Å². The van der Waals surface area contributed by atoms with Crippen molar-refractivity contribution in [1.82, 2.24) is 10.1 Å². The summed E-state index contributed by atoms with van der Waals surface area (Å²) in [6.45, 7) is 2.60. The van der Waals surface area contributed by atoms with E-state index in [-0.39, 0.29) is 23.4 Å². The van der Waals surface area contributed by atoms with Crippen LogP contribution in [0.5, 0.6) is 0 Å². The molecular formula is C15H18N2O4S. The highest BCUT2D eigenvalue weighted by Gasteiger charge is 2.25. The third kappa shape index (κ3) is 3.72. The monoisotopic (exact) mass is 322 g/mol. The molecule has 22 heavy (non-hydrogen) atoms. The van der Waals surface area contributed by atoms with Gasteiger partial charge in [0.1, 0.15) is 5.75 Å². The highest BCUT2D eigenvalue weighted by Crippen LogP contribution is 2.20. The van der Waals surface area contributed by atoms with Gasteiger partial charge in [-0.1, -0.05) is 22.9 Å². The Kier molecular flexibility index (Phi) is 4.26. The molecule has 118 valence electrons. The second-order valence-corrected chi connectivity index (χ2v) is 7.68. The van der Waals surface area contributed by atoms with Crippen LogP contribution in [-0.2, 0) is 20.3 Å². The first kappa shape index (κ1) is 15.2. The molecule has 2 heterocycles. The van der Waals surface area contributed by atoms with Gasteiger partial charge in [0.25, 0.3) is 5.89 Å². The van der Waals surface area contributed by atoms with Crippen molar-refractivity contribution in [2.24, 2.45) is 0 Å². The second kappa shape index (κ2) is 6.18. The zero-order valence-corrected chi connectivity index (χ0v) is 13.2. The Bertz CT molecular complexity index is 748. The number of sulfone groups is 1. The SMILES string of the molecule is Cc1cccc(-c2nc(CS(=O)(=O)CC3CCCO3)no2)c1. The predicted octanol–water partition coefficient (Wildman–Crippen LogP) is 2.14. The molecule has 2 aromatic rings. The average Bonchev–Trinajstić information content (AvgIpc) is 3.09. The lowest BCUT2D eigenvalue weighted by Gasteiger charge is -2.08. The van der Waals surface area contributed by atoms with Crippen LogP contribution in [0.3, 0.4) is 0 Å². The van der Waals surface area contributed by atoms with Crippen molar-refractivity contribution in [3.8, 4) is 11.5 Å². The number of aryl methyl sites for hydroxylation is 1. The molecule has 1 aliphatic heterocycles. The molecule has 7 heteroatoms. The molecule has 0 aliphatic carbocycles. The topological polar surface area (TPSA) is 82.3 Å². The van der Waals surface area contributed by atoms with Gasteiger partial charge in [-0.3, -0.25) is 0 Å². The standard InChI is InChI=1S/C15H18N2O4S/c1-11-4-2-5-12(8-11)15-16-14(17-21-15)10-22(18,19)9-13-6-3-7-20-13/h2,4-5,8,13H,3,6-7,9-10H2,1H3. The van der Waals surface area contributed by atoms with Gasteiger partial charge in [-0.2, -0.15) is 4.98 Å². The van der Waals surface area contributed by atoms with E-state index in [0.29, 0.717) is 12.5 Å². The first-order valence-corrected chi connectivity index (χ1v) is 9.06. The zero-order valence-electron chi connectivity index (χ0n) is 12.4. The van der Waals surface area contributed by atoms with Gasteiger partial charge in [0, 0.05) is 12.2 Å². The van der Waals surface area contributed by atoms with Crippen LogP contribution in [0.15, 0.2) is 28.8 Å². The summed E-state index contributed by atoms with van der Waals surface area (Å²) >= 11 is 0. The van der Waals surface area contributed by atoms with E-state index in [2.05, 4.69) is 10.1 Å². The Morgan fingerprint density at radius 1 is 1.36 bits per heavy atom. The van der Waals surface area contributed by atoms with Crippen LogP contribution in [0.25, 0.3) is 11.5 Å². The lowest BCUT2D eigenvalue weighted by atomic mass is 10.1. The van der Waals surface area contributed by atoms with E-state index in [1.54, 1.807) is 0 Å². The molecule has 1 saturated heterocycles. The molecule has 0 radical (unpaired) electrons. The molecule has 0 N–H and O–H groups in total. The largest absolute Gasteiger partial charge is 0.377 e. The van der Waals surface area contributed by atoms with Crippen molar-refractivity contribution >= 4 is 9.84 Å². The van der Waals surface area contributed by atoms with E-state index in [0.717, 1.165) is 24.0 Å². The smallest absolute Gasteiger partial charge is 0.257 e. The number of ether oxygens (including phenoxy) is 1. The number of benzene rings is 1. The average molecular weight is 322 g/mol. The molecule has 0 spiro atoms. The summed E-state index contributed by atoms with van der Waals surface area (Å²) in [6.07, 6.45) is 1.51. The molecule has 1 aromatic carbocycles. The van der Waals surface area contributed by atoms with E-state index in [1.807, 2.05) is 31.2 Å². The first-order valence-electron chi connectivity index (χ1n) is 7.23. The normalized spacial score (nSPS) is 18.7. The summed E-state index contributed by atoms with van der Waals surface area (Å²) in [7, 11) is -3.31. The summed E-state index contributed by atoms with van der Waals surface area (Å²) in [5, 5.41) is 3.78. The third-order valence-electron chi connectivity index (χ3n) is 3.55. The van der Waals surface area contributed by atoms with Gasteiger partial charge >= 0.3 is 0 Å². The van der Waals surface area contributed by atoms with Crippen molar-refractivity contribution in [1.29, 1.82) is 0 Å². The van der Waals surface area contributed by atoms with Gasteiger partial charge in [-0.15, -0.1) is 0 Å². The fourth-order valence-electron chi connectivity index (χ4n) is 2.52. The summed E-state index contributed by atoms with van der Waals surface area (Å²) < 4.78 is 34.8. The molecule has 0 bridgehead atoms. The minimum atomic E-state index is -3.31. The Morgan fingerprint density at radius 2 is 2.23 bits per heavy atom. The Hall–Kier alpha value is -1.73. The summed E-state index contributed by atoms with van der Waals surface area (Å²) in [6, 6.07) is 7.62. The maximum Gasteiger partial charge on any atom is 0.257 e. The minimum absolute atomic E-state index is 0.0152. The van der Waals surface area contributed by atoms with Crippen LogP contribution < -0.4 is 0 Å². The minimum Gasteiger partial charge on any atom is -0.377 e. The van der Waals surface area contributed by atoms with Crippen molar-refractivity contribution < 1.29 is 17.7 Å². The van der Waals surface area contributed by atoms with Crippen LogP contribution >= 0.6 is 0 Å². The molecular weight excluding hydrogens is 304 g/mol. The van der Waals surface area contributed by atoms with Gasteiger partial charge < -0.3 is 9.26 Å². The van der Waals surface area contributed by atoms with Gasteiger partial charge in [-0.25, -0.2) is 8.42 Å². The molecule has 0 amide bonds. The fraction of sp³-hybridized carbons (Fsp3) is 0.467. The molecule has 1 aromatic heterocycles. The number of hydrogen-bond acceptors (Lipinski definition) is 6. The number of hydrogen-bond donors (Lipinski definition) is 0. The number of rotatable bonds is 5. The molecule has 1 aliphatic rings.